The van der Waals surface area contributed by atoms with E-state index < -0.39 is 0 Å². The molecule has 0 aliphatic carbocycles. The van der Waals surface area contributed by atoms with Crippen molar-refractivity contribution in [3.8, 4) is 5.75 Å². The third-order valence-corrected chi connectivity index (χ3v) is 4.16. The van der Waals surface area contributed by atoms with Gasteiger partial charge in [0.25, 0.3) is 5.56 Å². The molecule has 0 saturated carbocycles. The molecule has 1 aromatic carbocycles. The molecule has 3 rings (SSSR count). The molecular weight excluding hydrogens is 298 g/mol. The largest absolute Gasteiger partial charge is 0.497 e. The van der Waals surface area contributed by atoms with Gasteiger partial charge in [-0.1, -0.05) is 12.1 Å². The second kappa shape index (κ2) is 6.29. The fourth-order valence-electron chi connectivity index (χ4n) is 2.34. The maximum Gasteiger partial charge on any atom is 0.258 e. The summed E-state index contributed by atoms with van der Waals surface area (Å²) in [6.07, 6.45) is 1.75. The second-order valence-corrected chi connectivity index (χ2v) is 6.03. The van der Waals surface area contributed by atoms with Crippen LogP contribution in [0.25, 0.3) is 4.96 Å². The van der Waals surface area contributed by atoms with E-state index in [1.54, 1.807) is 23.8 Å². The van der Waals surface area contributed by atoms with Crippen molar-refractivity contribution in [3.63, 3.8) is 0 Å². The monoisotopic (exact) mass is 315 g/mol. The number of benzene rings is 1. The number of fused-ring (bicyclic) bond motifs is 1. The van der Waals surface area contributed by atoms with Gasteiger partial charge in [-0.25, -0.2) is 4.98 Å². The van der Waals surface area contributed by atoms with Crippen LogP contribution in [-0.2, 0) is 13.1 Å². The quantitative estimate of drug-likeness (QED) is 0.725. The molecular formula is C16H17N3O2S. The Hall–Kier alpha value is -2.18. The van der Waals surface area contributed by atoms with Gasteiger partial charge >= 0.3 is 0 Å². The fraction of sp³-hybridized carbons (Fsp3) is 0.250. The minimum Gasteiger partial charge on any atom is -0.497 e. The molecule has 2 heterocycles. The number of methoxy groups -OCH3 is 1. The van der Waals surface area contributed by atoms with Gasteiger partial charge in [0.05, 0.1) is 12.8 Å². The predicted octanol–water partition coefficient (Wildman–Crippen LogP) is 2.40. The zero-order valence-corrected chi connectivity index (χ0v) is 13.3. The third-order valence-electron chi connectivity index (χ3n) is 3.40. The van der Waals surface area contributed by atoms with Crippen LogP contribution in [0.4, 0.5) is 0 Å². The van der Waals surface area contributed by atoms with Crippen LogP contribution in [0.3, 0.4) is 0 Å². The Balaban J connectivity index is 1.71. The standard InChI is InChI=1S/C16H17N3O2S/c1-18(10-12-3-5-14(21-2)6-4-12)11-13-9-15(20)19-7-8-22-16(19)17-13/h3-9H,10-11H2,1-2H3. The molecule has 0 aliphatic rings. The molecule has 6 heteroatoms. The van der Waals surface area contributed by atoms with Gasteiger partial charge in [0.15, 0.2) is 4.96 Å². The molecule has 0 unspecified atom stereocenters. The van der Waals surface area contributed by atoms with Crippen LogP contribution < -0.4 is 10.3 Å². The average Bonchev–Trinajstić information content (AvgIpc) is 2.97. The van der Waals surface area contributed by atoms with Gasteiger partial charge in [-0.2, -0.15) is 0 Å². The highest BCUT2D eigenvalue weighted by atomic mass is 32.1. The van der Waals surface area contributed by atoms with Crippen molar-refractivity contribution in [1.82, 2.24) is 14.3 Å². The Morgan fingerprint density at radius 2 is 2.05 bits per heavy atom. The van der Waals surface area contributed by atoms with Gasteiger partial charge in [0.2, 0.25) is 0 Å². The van der Waals surface area contributed by atoms with E-state index in [0.29, 0.717) is 6.54 Å². The number of aromatic nitrogens is 2. The van der Waals surface area contributed by atoms with E-state index in [0.717, 1.165) is 22.9 Å². The summed E-state index contributed by atoms with van der Waals surface area (Å²) in [5.74, 6) is 0.851. The maximum atomic E-state index is 12.0. The molecule has 0 N–H and O–H groups in total. The van der Waals surface area contributed by atoms with Crippen molar-refractivity contribution in [2.24, 2.45) is 0 Å². The molecule has 0 fully saturated rings. The highest BCUT2D eigenvalue weighted by molar-refractivity contribution is 7.15. The molecule has 3 aromatic rings. The molecule has 0 amide bonds. The van der Waals surface area contributed by atoms with E-state index in [4.69, 9.17) is 4.74 Å². The predicted molar refractivity (Wildman–Crippen MR) is 87.5 cm³/mol. The van der Waals surface area contributed by atoms with Crippen LogP contribution >= 0.6 is 11.3 Å². The highest BCUT2D eigenvalue weighted by Crippen LogP contribution is 2.13. The summed E-state index contributed by atoms with van der Waals surface area (Å²) in [6, 6.07) is 9.58. The van der Waals surface area contributed by atoms with Gasteiger partial charge in [-0.15, -0.1) is 11.3 Å². The summed E-state index contributed by atoms with van der Waals surface area (Å²) >= 11 is 1.47. The van der Waals surface area contributed by atoms with Crippen LogP contribution in [0.1, 0.15) is 11.3 Å². The zero-order chi connectivity index (χ0) is 15.5. The molecule has 0 atom stereocenters. The van der Waals surface area contributed by atoms with Crippen molar-refractivity contribution in [3.05, 3.63) is 63.5 Å². The van der Waals surface area contributed by atoms with Crippen molar-refractivity contribution in [1.29, 1.82) is 0 Å². The van der Waals surface area contributed by atoms with Crippen molar-refractivity contribution < 1.29 is 4.74 Å². The SMILES string of the molecule is COc1ccc(CN(C)Cc2cc(=O)n3ccsc3n2)cc1. The first-order chi connectivity index (χ1) is 10.7. The van der Waals surface area contributed by atoms with E-state index in [1.165, 1.54) is 16.9 Å². The summed E-state index contributed by atoms with van der Waals surface area (Å²) in [7, 11) is 3.67. The molecule has 0 saturated heterocycles. The first kappa shape index (κ1) is 14.7. The number of thiazole rings is 1. The zero-order valence-electron chi connectivity index (χ0n) is 12.5. The summed E-state index contributed by atoms with van der Waals surface area (Å²) < 4.78 is 6.72. The van der Waals surface area contributed by atoms with E-state index >= 15 is 0 Å². The average molecular weight is 315 g/mol. The Bertz CT molecular complexity index is 823. The Morgan fingerprint density at radius 3 is 2.77 bits per heavy atom. The first-order valence-electron chi connectivity index (χ1n) is 6.93. The van der Waals surface area contributed by atoms with E-state index in [1.807, 2.05) is 36.7 Å². The molecule has 2 aromatic heterocycles. The summed E-state index contributed by atoms with van der Waals surface area (Å²) in [5, 5.41) is 1.87. The van der Waals surface area contributed by atoms with Crippen molar-refractivity contribution in [2.75, 3.05) is 14.2 Å². The molecule has 0 aliphatic heterocycles. The Morgan fingerprint density at radius 1 is 1.27 bits per heavy atom. The topological polar surface area (TPSA) is 46.8 Å². The van der Waals surface area contributed by atoms with Crippen LogP contribution in [0.15, 0.2) is 46.7 Å². The molecule has 114 valence electrons. The van der Waals surface area contributed by atoms with Crippen molar-refractivity contribution >= 4 is 16.3 Å². The van der Waals surface area contributed by atoms with Crippen LogP contribution in [0.2, 0.25) is 0 Å². The second-order valence-electron chi connectivity index (χ2n) is 5.16. The molecule has 0 radical (unpaired) electrons. The number of hydrogen-bond donors (Lipinski definition) is 0. The highest BCUT2D eigenvalue weighted by Gasteiger charge is 2.07. The van der Waals surface area contributed by atoms with E-state index in [9.17, 15) is 4.79 Å². The Labute approximate surface area is 132 Å². The summed E-state index contributed by atoms with van der Waals surface area (Å²) in [5.41, 5.74) is 1.96. The molecule has 0 spiro atoms. The van der Waals surface area contributed by atoms with Gasteiger partial charge in [0, 0.05) is 30.7 Å². The summed E-state index contributed by atoms with van der Waals surface area (Å²) in [4.78, 5) is 19.4. The fourth-order valence-corrected chi connectivity index (χ4v) is 3.08. The minimum absolute atomic E-state index is 0.0286. The number of hydrogen-bond acceptors (Lipinski definition) is 5. The molecule has 0 bridgehead atoms. The van der Waals surface area contributed by atoms with E-state index in [2.05, 4.69) is 9.88 Å². The smallest absolute Gasteiger partial charge is 0.258 e. The lowest BCUT2D eigenvalue weighted by atomic mass is 10.2. The van der Waals surface area contributed by atoms with Crippen molar-refractivity contribution in [2.45, 2.75) is 13.1 Å². The molecule has 22 heavy (non-hydrogen) atoms. The number of ether oxygens (including phenoxy) is 1. The van der Waals surface area contributed by atoms with Gasteiger partial charge < -0.3 is 4.74 Å². The van der Waals surface area contributed by atoms with Crippen LogP contribution in [0.5, 0.6) is 5.75 Å². The van der Waals surface area contributed by atoms with Crippen LogP contribution in [-0.4, -0.2) is 28.4 Å². The molecule has 5 nitrogen and oxygen atoms in total. The Kier molecular flexibility index (Phi) is 4.22. The van der Waals surface area contributed by atoms with Gasteiger partial charge in [-0.3, -0.25) is 14.1 Å². The third kappa shape index (κ3) is 3.18. The van der Waals surface area contributed by atoms with Crippen LogP contribution in [0, 0.1) is 0 Å². The first-order valence-corrected chi connectivity index (χ1v) is 7.81. The van der Waals surface area contributed by atoms with E-state index in [-0.39, 0.29) is 5.56 Å². The number of nitrogens with zero attached hydrogens (tertiary/aromatic N) is 3. The lowest BCUT2D eigenvalue weighted by molar-refractivity contribution is 0.315. The number of rotatable bonds is 5. The maximum absolute atomic E-state index is 12.0. The normalized spacial score (nSPS) is 11.2. The lowest BCUT2D eigenvalue weighted by Crippen LogP contribution is -2.21. The van der Waals surface area contributed by atoms with Gasteiger partial charge in [0.1, 0.15) is 5.75 Å². The van der Waals surface area contributed by atoms with Gasteiger partial charge in [-0.05, 0) is 24.7 Å². The minimum atomic E-state index is -0.0286. The lowest BCUT2D eigenvalue weighted by Gasteiger charge is -2.16. The summed E-state index contributed by atoms with van der Waals surface area (Å²) in [6.45, 7) is 1.42.